The molecule has 3 rings (SSSR count). The molecule has 5 heteroatoms. The maximum atomic E-state index is 4.20. The van der Waals surface area contributed by atoms with Crippen LogP contribution in [0.2, 0.25) is 0 Å². The van der Waals surface area contributed by atoms with Crippen molar-refractivity contribution in [3.05, 3.63) is 42.2 Å². The summed E-state index contributed by atoms with van der Waals surface area (Å²) in [6.45, 7) is 3.00. The Morgan fingerprint density at radius 1 is 1.41 bits per heavy atom. The van der Waals surface area contributed by atoms with Crippen LogP contribution in [0.25, 0.3) is 0 Å². The summed E-state index contributed by atoms with van der Waals surface area (Å²) >= 11 is 0. The van der Waals surface area contributed by atoms with Crippen molar-refractivity contribution in [2.75, 3.05) is 13.1 Å². The third-order valence-corrected chi connectivity index (χ3v) is 3.11. The monoisotopic (exact) mass is 229 g/mol. The van der Waals surface area contributed by atoms with Gasteiger partial charge in [-0.25, -0.2) is 0 Å². The molecule has 0 aliphatic carbocycles. The molecule has 17 heavy (non-hydrogen) atoms. The normalized spacial score (nSPS) is 15.8. The molecule has 0 radical (unpaired) electrons. The van der Waals surface area contributed by atoms with Crippen LogP contribution in [-0.4, -0.2) is 32.8 Å². The van der Waals surface area contributed by atoms with E-state index in [1.165, 1.54) is 5.56 Å². The van der Waals surface area contributed by atoms with E-state index < -0.39 is 0 Å². The highest BCUT2D eigenvalue weighted by molar-refractivity contribution is 5.10. The van der Waals surface area contributed by atoms with E-state index in [1.807, 2.05) is 12.3 Å². The third kappa shape index (κ3) is 2.34. The van der Waals surface area contributed by atoms with Gasteiger partial charge in [0.1, 0.15) is 12.2 Å². The van der Waals surface area contributed by atoms with Crippen LogP contribution >= 0.6 is 0 Å². The molecule has 1 aliphatic rings. The van der Waals surface area contributed by atoms with Crippen molar-refractivity contribution in [3.8, 4) is 0 Å². The molecule has 0 bridgehead atoms. The first-order valence-electron chi connectivity index (χ1n) is 5.88. The van der Waals surface area contributed by atoms with E-state index in [9.17, 15) is 0 Å². The molecule has 1 aliphatic heterocycles. The fraction of sp³-hybridized carbons (Fsp3) is 0.417. The Bertz CT molecular complexity index is 475. The van der Waals surface area contributed by atoms with Gasteiger partial charge < -0.3 is 9.88 Å². The van der Waals surface area contributed by atoms with Crippen molar-refractivity contribution in [2.24, 2.45) is 5.92 Å². The molecule has 0 atom stereocenters. The van der Waals surface area contributed by atoms with Crippen LogP contribution in [0.15, 0.2) is 30.9 Å². The highest BCUT2D eigenvalue weighted by Gasteiger charge is 2.19. The molecule has 3 heterocycles. The lowest BCUT2D eigenvalue weighted by atomic mass is 9.99. The summed E-state index contributed by atoms with van der Waals surface area (Å²) in [5.41, 5.74) is 1.18. The average Bonchev–Trinajstić information content (AvgIpc) is 2.72. The van der Waals surface area contributed by atoms with Gasteiger partial charge in [0, 0.05) is 18.8 Å². The number of hydrogen-bond donors (Lipinski definition) is 1. The Morgan fingerprint density at radius 3 is 3.06 bits per heavy atom. The molecule has 1 N–H and O–H groups in total. The highest BCUT2D eigenvalue weighted by Crippen LogP contribution is 2.11. The van der Waals surface area contributed by atoms with Crippen LogP contribution in [0.5, 0.6) is 0 Å². The zero-order valence-corrected chi connectivity index (χ0v) is 9.58. The van der Waals surface area contributed by atoms with Gasteiger partial charge in [-0.1, -0.05) is 6.07 Å². The Labute approximate surface area is 99.9 Å². The van der Waals surface area contributed by atoms with Crippen LogP contribution in [0.3, 0.4) is 0 Å². The molecule has 1 saturated heterocycles. The van der Waals surface area contributed by atoms with Crippen LogP contribution in [0.1, 0.15) is 11.4 Å². The first-order chi connectivity index (χ1) is 8.42. The molecule has 2 aromatic heterocycles. The second kappa shape index (κ2) is 4.63. The van der Waals surface area contributed by atoms with Gasteiger partial charge in [-0.2, -0.15) is 0 Å². The van der Waals surface area contributed by atoms with Gasteiger partial charge in [0.15, 0.2) is 0 Å². The van der Waals surface area contributed by atoms with Crippen LogP contribution < -0.4 is 5.32 Å². The molecule has 0 aromatic carbocycles. The van der Waals surface area contributed by atoms with Gasteiger partial charge in [-0.15, -0.1) is 10.2 Å². The van der Waals surface area contributed by atoms with Crippen molar-refractivity contribution in [2.45, 2.75) is 13.0 Å². The Morgan fingerprint density at radius 2 is 2.35 bits per heavy atom. The van der Waals surface area contributed by atoms with Crippen molar-refractivity contribution >= 4 is 0 Å². The van der Waals surface area contributed by atoms with Gasteiger partial charge in [-0.05, 0) is 30.6 Å². The Kier molecular flexibility index (Phi) is 2.83. The molecule has 1 fully saturated rings. The van der Waals surface area contributed by atoms with Crippen molar-refractivity contribution < 1.29 is 0 Å². The maximum absolute atomic E-state index is 4.20. The summed E-state index contributed by atoms with van der Waals surface area (Å²) in [5, 5.41) is 11.5. The summed E-state index contributed by atoms with van der Waals surface area (Å²) in [5.74, 6) is 1.78. The molecule has 0 spiro atoms. The predicted molar refractivity (Wildman–Crippen MR) is 63.4 cm³/mol. The summed E-state index contributed by atoms with van der Waals surface area (Å²) in [4.78, 5) is 4.12. The van der Waals surface area contributed by atoms with Gasteiger partial charge in [0.25, 0.3) is 0 Å². The Balaban J connectivity index is 1.72. The fourth-order valence-corrected chi connectivity index (χ4v) is 2.01. The van der Waals surface area contributed by atoms with Crippen molar-refractivity contribution in [3.63, 3.8) is 0 Å². The van der Waals surface area contributed by atoms with E-state index in [2.05, 4.69) is 31.1 Å². The fourth-order valence-electron chi connectivity index (χ4n) is 2.01. The van der Waals surface area contributed by atoms with Crippen molar-refractivity contribution in [1.29, 1.82) is 0 Å². The smallest absolute Gasteiger partial charge is 0.133 e. The van der Waals surface area contributed by atoms with E-state index in [0.717, 1.165) is 31.9 Å². The van der Waals surface area contributed by atoms with Gasteiger partial charge >= 0.3 is 0 Å². The highest BCUT2D eigenvalue weighted by atomic mass is 15.3. The summed E-state index contributed by atoms with van der Waals surface area (Å²) < 4.78 is 2.11. The Hall–Kier alpha value is -1.75. The lowest BCUT2D eigenvalue weighted by Gasteiger charge is -2.26. The SMILES string of the molecule is c1cncc(Cn2cnnc2CC2CNC2)c1. The standard InChI is InChI=1S/C12H15N5/c1-2-10(5-13-3-1)8-17-9-15-16-12(17)4-11-6-14-7-11/h1-3,5,9,11,14H,4,6-8H2. The van der Waals surface area contributed by atoms with Gasteiger partial charge in [0.2, 0.25) is 0 Å². The quantitative estimate of drug-likeness (QED) is 0.828. The van der Waals surface area contributed by atoms with E-state index in [1.54, 1.807) is 12.5 Å². The molecule has 88 valence electrons. The first kappa shape index (κ1) is 10.4. The molecule has 0 amide bonds. The zero-order chi connectivity index (χ0) is 11.5. The second-order valence-corrected chi connectivity index (χ2v) is 4.46. The summed E-state index contributed by atoms with van der Waals surface area (Å²) in [7, 11) is 0. The van der Waals surface area contributed by atoms with E-state index in [4.69, 9.17) is 0 Å². The van der Waals surface area contributed by atoms with Crippen LogP contribution in [0.4, 0.5) is 0 Å². The van der Waals surface area contributed by atoms with Crippen LogP contribution in [-0.2, 0) is 13.0 Å². The van der Waals surface area contributed by atoms with Crippen LogP contribution in [0, 0.1) is 5.92 Å². The number of aromatic nitrogens is 4. The summed E-state index contributed by atoms with van der Waals surface area (Å²) in [6, 6.07) is 4.02. The molecule has 5 nitrogen and oxygen atoms in total. The maximum Gasteiger partial charge on any atom is 0.133 e. The van der Waals surface area contributed by atoms with E-state index in [0.29, 0.717) is 5.92 Å². The minimum absolute atomic E-state index is 0.715. The number of pyridine rings is 1. The third-order valence-electron chi connectivity index (χ3n) is 3.11. The average molecular weight is 229 g/mol. The predicted octanol–water partition coefficient (Wildman–Crippen LogP) is 0.483. The largest absolute Gasteiger partial charge is 0.316 e. The number of rotatable bonds is 4. The minimum atomic E-state index is 0.715. The minimum Gasteiger partial charge on any atom is -0.316 e. The van der Waals surface area contributed by atoms with Gasteiger partial charge in [0.05, 0.1) is 6.54 Å². The molecular formula is C12H15N5. The van der Waals surface area contributed by atoms with Gasteiger partial charge in [-0.3, -0.25) is 4.98 Å². The molecule has 0 saturated carbocycles. The second-order valence-electron chi connectivity index (χ2n) is 4.46. The number of hydrogen-bond acceptors (Lipinski definition) is 4. The molecule has 2 aromatic rings. The number of nitrogens with one attached hydrogen (secondary N) is 1. The summed E-state index contributed by atoms with van der Waals surface area (Å²) in [6.07, 6.45) is 6.48. The lowest BCUT2D eigenvalue weighted by molar-refractivity contribution is 0.337. The zero-order valence-electron chi connectivity index (χ0n) is 9.58. The topological polar surface area (TPSA) is 55.6 Å². The number of nitrogens with zero attached hydrogens (tertiary/aromatic N) is 4. The lowest BCUT2D eigenvalue weighted by Crippen LogP contribution is -2.43. The van der Waals surface area contributed by atoms with E-state index >= 15 is 0 Å². The first-order valence-corrected chi connectivity index (χ1v) is 5.88. The molecule has 0 unspecified atom stereocenters. The molecular weight excluding hydrogens is 214 g/mol. The van der Waals surface area contributed by atoms with Crippen molar-refractivity contribution in [1.82, 2.24) is 25.1 Å². The van der Waals surface area contributed by atoms with E-state index in [-0.39, 0.29) is 0 Å².